The molecule has 0 aromatic carbocycles. The molecular formula is C11H21N4O. The fraction of sp³-hybridized carbons (Fsp3) is 0.818. The van der Waals surface area contributed by atoms with Gasteiger partial charge in [0, 0.05) is 13.2 Å². The van der Waals surface area contributed by atoms with Gasteiger partial charge in [-0.3, -0.25) is 0 Å². The van der Waals surface area contributed by atoms with Crippen molar-refractivity contribution in [3.63, 3.8) is 0 Å². The van der Waals surface area contributed by atoms with Gasteiger partial charge in [-0.25, -0.2) is 4.68 Å². The quantitative estimate of drug-likeness (QED) is 0.602. The predicted molar refractivity (Wildman–Crippen MR) is 61.7 cm³/mol. The van der Waals surface area contributed by atoms with E-state index >= 15 is 0 Å². The van der Waals surface area contributed by atoms with Crippen LogP contribution in [-0.4, -0.2) is 32.9 Å². The van der Waals surface area contributed by atoms with Crippen molar-refractivity contribution < 1.29 is 4.74 Å². The van der Waals surface area contributed by atoms with Gasteiger partial charge in [0.25, 0.3) is 0 Å². The Labute approximate surface area is 97.2 Å². The van der Waals surface area contributed by atoms with Gasteiger partial charge in [0.05, 0.1) is 6.10 Å². The molecule has 1 atom stereocenters. The van der Waals surface area contributed by atoms with Crippen LogP contribution in [0.5, 0.6) is 0 Å². The second-order valence-electron chi connectivity index (χ2n) is 3.96. The number of aromatic nitrogens is 4. The van der Waals surface area contributed by atoms with Crippen LogP contribution in [0, 0.1) is 6.92 Å². The van der Waals surface area contributed by atoms with E-state index < -0.39 is 0 Å². The van der Waals surface area contributed by atoms with Crippen LogP contribution < -0.4 is 0 Å². The first-order valence-corrected chi connectivity index (χ1v) is 5.94. The zero-order valence-corrected chi connectivity index (χ0v) is 10.0. The van der Waals surface area contributed by atoms with Crippen molar-refractivity contribution in [1.29, 1.82) is 0 Å². The van der Waals surface area contributed by atoms with Crippen molar-refractivity contribution in [3.05, 3.63) is 13.3 Å². The largest absolute Gasteiger partial charge is 0.379 e. The van der Waals surface area contributed by atoms with E-state index in [1.807, 2.05) is 0 Å². The van der Waals surface area contributed by atoms with E-state index in [1.165, 1.54) is 0 Å². The van der Waals surface area contributed by atoms with Crippen molar-refractivity contribution in [1.82, 2.24) is 20.2 Å². The van der Waals surface area contributed by atoms with Gasteiger partial charge in [-0.05, 0) is 36.6 Å². The molecule has 0 spiro atoms. The third kappa shape index (κ3) is 5.80. The Bertz CT molecular complexity index is 250. The molecule has 5 nitrogen and oxygen atoms in total. The van der Waals surface area contributed by atoms with Crippen LogP contribution in [0.4, 0.5) is 0 Å². The molecule has 16 heavy (non-hydrogen) atoms. The minimum atomic E-state index is 0.356. The lowest BCUT2D eigenvalue weighted by atomic mass is 10.2. The van der Waals surface area contributed by atoms with Gasteiger partial charge in [-0.15, -0.1) is 5.10 Å². The van der Waals surface area contributed by atoms with E-state index in [9.17, 15) is 0 Å². The highest BCUT2D eigenvalue weighted by Gasteiger charge is 2.00. The molecule has 0 amide bonds. The van der Waals surface area contributed by atoms with Crippen LogP contribution in [0.15, 0.2) is 6.33 Å². The monoisotopic (exact) mass is 225 g/mol. The summed E-state index contributed by atoms with van der Waals surface area (Å²) >= 11 is 0. The molecule has 1 heterocycles. The smallest absolute Gasteiger partial charge is 0.138 e. The van der Waals surface area contributed by atoms with Gasteiger partial charge in [-0.1, -0.05) is 19.8 Å². The molecule has 91 valence electrons. The third-order valence-electron chi connectivity index (χ3n) is 2.44. The summed E-state index contributed by atoms with van der Waals surface area (Å²) in [6.45, 7) is 7.63. The van der Waals surface area contributed by atoms with Crippen LogP contribution in [0.25, 0.3) is 0 Å². The van der Waals surface area contributed by atoms with E-state index in [4.69, 9.17) is 4.74 Å². The Morgan fingerprint density at radius 1 is 1.38 bits per heavy atom. The molecule has 0 saturated heterocycles. The van der Waals surface area contributed by atoms with Crippen LogP contribution in [0.3, 0.4) is 0 Å². The average molecular weight is 225 g/mol. The highest BCUT2D eigenvalue weighted by molar-refractivity contribution is 4.53. The van der Waals surface area contributed by atoms with E-state index in [0.717, 1.165) is 45.3 Å². The highest BCUT2D eigenvalue weighted by Crippen LogP contribution is 2.05. The van der Waals surface area contributed by atoms with Gasteiger partial charge in [0.1, 0.15) is 6.33 Å². The summed E-state index contributed by atoms with van der Waals surface area (Å²) in [6, 6.07) is 0. The van der Waals surface area contributed by atoms with Crippen molar-refractivity contribution in [2.45, 2.75) is 51.7 Å². The summed E-state index contributed by atoms with van der Waals surface area (Å²) in [6.07, 6.45) is 7.34. The number of rotatable bonds is 9. The molecule has 1 radical (unpaired) electrons. The van der Waals surface area contributed by atoms with Gasteiger partial charge in [-0.2, -0.15) is 0 Å². The maximum absolute atomic E-state index is 5.67. The lowest BCUT2D eigenvalue weighted by molar-refractivity contribution is 0.0560. The minimum Gasteiger partial charge on any atom is -0.379 e. The second kappa shape index (κ2) is 8.21. The standard InChI is InChI=1S/C11H21N4O/c1-3-4-7-11(2)16-9-6-5-8-15-10-12-13-14-15/h10-11H,1,3-9H2,2H3. The van der Waals surface area contributed by atoms with Crippen molar-refractivity contribution in [2.75, 3.05) is 6.61 Å². The van der Waals surface area contributed by atoms with Crippen LogP contribution in [-0.2, 0) is 11.3 Å². The molecule has 1 aromatic rings. The van der Waals surface area contributed by atoms with Crippen LogP contribution in [0.1, 0.15) is 39.0 Å². The van der Waals surface area contributed by atoms with Gasteiger partial charge < -0.3 is 4.74 Å². The highest BCUT2D eigenvalue weighted by atomic mass is 16.5. The molecule has 0 aliphatic rings. The molecule has 5 heteroatoms. The topological polar surface area (TPSA) is 52.8 Å². The molecule has 0 bridgehead atoms. The molecule has 0 fully saturated rings. The summed E-state index contributed by atoms with van der Waals surface area (Å²) < 4.78 is 7.42. The Morgan fingerprint density at radius 2 is 2.25 bits per heavy atom. The van der Waals surface area contributed by atoms with Crippen molar-refractivity contribution in [3.8, 4) is 0 Å². The van der Waals surface area contributed by atoms with Crippen LogP contribution >= 0.6 is 0 Å². The number of unbranched alkanes of at least 4 members (excludes halogenated alkanes) is 2. The molecule has 0 aliphatic heterocycles. The first-order chi connectivity index (χ1) is 7.83. The summed E-state index contributed by atoms with van der Waals surface area (Å²) in [5, 5.41) is 11.0. The number of hydrogen-bond acceptors (Lipinski definition) is 4. The fourth-order valence-electron chi connectivity index (χ4n) is 1.46. The fourth-order valence-corrected chi connectivity index (χ4v) is 1.46. The molecule has 0 saturated carbocycles. The zero-order valence-electron chi connectivity index (χ0n) is 10.0. The van der Waals surface area contributed by atoms with Crippen molar-refractivity contribution in [2.24, 2.45) is 0 Å². The number of hydrogen-bond donors (Lipinski definition) is 0. The lowest BCUT2D eigenvalue weighted by Crippen LogP contribution is -2.09. The molecule has 1 rings (SSSR count). The maximum atomic E-state index is 5.67. The number of nitrogens with zero attached hydrogens (tertiary/aromatic N) is 4. The predicted octanol–water partition coefficient (Wildman–Crippen LogP) is 1.86. The Hall–Kier alpha value is -0.970. The Kier molecular flexibility index (Phi) is 6.72. The van der Waals surface area contributed by atoms with Gasteiger partial charge in [0.2, 0.25) is 0 Å². The number of tetrazole rings is 1. The van der Waals surface area contributed by atoms with Crippen LogP contribution in [0.2, 0.25) is 0 Å². The summed E-state index contributed by atoms with van der Waals surface area (Å²) in [5.41, 5.74) is 0. The van der Waals surface area contributed by atoms with Crippen molar-refractivity contribution >= 4 is 0 Å². The molecule has 0 aliphatic carbocycles. The number of ether oxygens (including phenoxy) is 1. The van der Waals surface area contributed by atoms with E-state index in [1.54, 1.807) is 11.0 Å². The summed E-state index contributed by atoms with van der Waals surface area (Å²) in [5.74, 6) is 0. The number of aryl methyl sites for hydroxylation is 1. The molecular weight excluding hydrogens is 204 g/mol. The van der Waals surface area contributed by atoms with E-state index in [0.29, 0.717) is 6.10 Å². The Morgan fingerprint density at radius 3 is 2.94 bits per heavy atom. The third-order valence-corrected chi connectivity index (χ3v) is 2.44. The summed E-state index contributed by atoms with van der Waals surface area (Å²) in [7, 11) is 0. The SMILES string of the molecule is [CH2]CCCC(C)OCCCCn1cnnn1. The summed E-state index contributed by atoms with van der Waals surface area (Å²) in [4.78, 5) is 0. The molecule has 0 N–H and O–H groups in total. The van der Waals surface area contributed by atoms with E-state index in [-0.39, 0.29) is 0 Å². The average Bonchev–Trinajstić information content (AvgIpc) is 2.79. The zero-order chi connectivity index (χ0) is 11.6. The Balaban J connectivity index is 1.91. The first kappa shape index (κ1) is 13.1. The molecule has 1 unspecified atom stereocenters. The minimum absolute atomic E-state index is 0.356. The maximum Gasteiger partial charge on any atom is 0.138 e. The lowest BCUT2D eigenvalue weighted by Gasteiger charge is -2.12. The molecule has 1 aromatic heterocycles. The normalized spacial score (nSPS) is 12.9. The van der Waals surface area contributed by atoms with Gasteiger partial charge >= 0.3 is 0 Å². The first-order valence-electron chi connectivity index (χ1n) is 5.94. The van der Waals surface area contributed by atoms with Gasteiger partial charge in [0.15, 0.2) is 0 Å². The van der Waals surface area contributed by atoms with E-state index in [2.05, 4.69) is 29.4 Å². The second-order valence-corrected chi connectivity index (χ2v) is 3.96.